The van der Waals surface area contributed by atoms with Crippen LogP contribution >= 0.6 is 0 Å². The quantitative estimate of drug-likeness (QED) is 0.510. The van der Waals surface area contributed by atoms with Gasteiger partial charge < -0.3 is 11.1 Å². The maximum absolute atomic E-state index is 13.4. The highest BCUT2D eigenvalue weighted by atomic mass is 32.2. The number of halogens is 1. The molecule has 0 radical (unpaired) electrons. The first-order chi connectivity index (χ1) is 8.79. The third-order valence-corrected chi connectivity index (χ3v) is 2.97. The van der Waals surface area contributed by atoms with Crippen molar-refractivity contribution in [3.63, 3.8) is 0 Å². The van der Waals surface area contributed by atoms with Crippen LogP contribution in [0.5, 0.6) is 0 Å². The number of hydrogen-bond donors (Lipinski definition) is 3. The number of nitrogens with two attached hydrogens (primary N) is 1. The Hall–Kier alpha value is -1.67. The number of nitrogen functional groups attached to an aromatic ring is 1. The number of carbonyl (C=O) groups is 1. The summed E-state index contributed by atoms with van der Waals surface area (Å²) in [7, 11) is -3.23. The largest absolute Gasteiger partial charge is 0.399 e. The van der Waals surface area contributed by atoms with Crippen LogP contribution in [0.2, 0.25) is 0 Å². The van der Waals surface area contributed by atoms with Gasteiger partial charge in [0.15, 0.2) is 0 Å². The zero-order valence-electron chi connectivity index (χ0n) is 10.4. The smallest absolute Gasteiger partial charge is 0.254 e. The van der Waals surface area contributed by atoms with Crippen LogP contribution in [0, 0.1) is 5.82 Å². The summed E-state index contributed by atoms with van der Waals surface area (Å²) in [5.41, 5.74) is 5.52. The van der Waals surface area contributed by atoms with E-state index >= 15 is 0 Å². The Morgan fingerprint density at radius 3 is 2.63 bits per heavy atom. The van der Waals surface area contributed by atoms with E-state index in [4.69, 9.17) is 5.73 Å². The van der Waals surface area contributed by atoms with Crippen LogP contribution in [-0.2, 0) is 10.0 Å². The molecule has 1 aromatic rings. The average Bonchev–Trinajstić information content (AvgIpc) is 2.26. The van der Waals surface area contributed by atoms with Gasteiger partial charge in [-0.05, 0) is 24.6 Å². The number of nitrogens with one attached hydrogen (secondary N) is 2. The molecule has 0 bridgehead atoms. The maximum atomic E-state index is 13.4. The highest BCUT2D eigenvalue weighted by molar-refractivity contribution is 7.88. The molecule has 19 heavy (non-hydrogen) atoms. The van der Waals surface area contributed by atoms with Crippen molar-refractivity contribution in [3.8, 4) is 0 Å². The summed E-state index contributed by atoms with van der Waals surface area (Å²) < 4.78 is 37.2. The van der Waals surface area contributed by atoms with Gasteiger partial charge in [-0.3, -0.25) is 4.79 Å². The van der Waals surface area contributed by atoms with Crippen molar-refractivity contribution in [2.45, 2.75) is 6.42 Å². The van der Waals surface area contributed by atoms with Gasteiger partial charge in [0.05, 0.1) is 11.8 Å². The molecule has 0 aliphatic heterocycles. The molecule has 1 rings (SSSR count). The van der Waals surface area contributed by atoms with Gasteiger partial charge in [-0.2, -0.15) is 0 Å². The monoisotopic (exact) mass is 289 g/mol. The third-order valence-electron chi connectivity index (χ3n) is 2.24. The lowest BCUT2D eigenvalue weighted by Crippen LogP contribution is -2.29. The molecule has 0 aromatic heterocycles. The van der Waals surface area contributed by atoms with Gasteiger partial charge in [-0.25, -0.2) is 17.5 Å². The lowest BCUT2D eigenvalue weighted by Gasteiger charge is -2.07. The zero-order chi connectivity index (χ0) is 14.5. The van der Waals surface area contributed by atoms with E-state index in [-0.39, 0.29) is 24.3 Å². The summed E-state index contributed by atoms with van der Waals surface area (Å²) in [6, 6.07) is 3.80. The van der Waals surface area contributed by atoms with Crippen LogP contribution in [-0.4, -0.2) is 33.7 Å². The van der Waals surface area contributed by atoms with Crippen molar-refractivity contribution in [1.82, 2.24) is 10.0 Å². The van der Waals surface area contributed by atoms with Crippen LogP contribution in [0.1, 0.15) is 16.8 Å². The molecule has 0 saturated carbocycles. The zero-order valence-corrected chi connectivity index (χ0v) is 11.3. The van der Waals surface area contributed by atoms with E-state index in [1.807, 2.05) is 0 Å². The lowest BCUT2D eigenvalue weighted by molar-refractivity contribution is 0.0949. The fourth-order valence-corrected chi connectivity index (χ4v) is 1.87. The predicted molar refractivity (Wildman–Crippen MR) is 70.6 cm³/mol. The van der Waals surface area contributed by atoms with Gasteiger partial charge in [0.25, 0.3) is 5.91 Å². The third kappa shape index (κ3) is 5.66. The van der Waals surface area contributed by atoms with E-state index in [1.165, 1.54) is 12.1 Å². The van der Waals surface area contributed by atoms with Crippen molar-refractivity contribution in [2.24, 2.45) is 0 Å². The summed E-state index contributed by atoms with van der Waals surface area (Å²) in [5.74, 6) is -1.25. The second-order valence-electron chi connectivity index (χ2n) is 4.02. The average molecular weight is 289 g/mol. The predicted octanol–water partition coefficient (Wildman–Crippen LogP) is 0.0770. The molecule has 0 aliphatic carbocycles. The molecule has 0 fully saturated rings. The van der Waals surface area contributed by atoms with Gasteiger partial charge in [-0.15, -0.1) is 0 Å². The minimum atomic E-state index is -3.23. The topological polar surface area (TPSA) is 101 Å². The number of hydrogen-bond acceptors (Lipinski definition) is 4. The summed E-state index contributed by atoms with van der Waals surface area (Å²) >= 11 is 0. The number of sulfonamides is 1. The van der Waals surface area contributed by atoms with Crippen molar-refractivity contribution >= 4 is 21.6 Å². The van der Waals surface area contributed by atoms with E-state index in [0.29, 0.717) is 6.42 Å². The van der Waals surface area contributed by atoms with E-state index < -0.39 is 21.7 Å². The molecule has 0 heterocycles. The van der Waals surface area contributed by atoms with Crippen molar-refractivity contribution < 1.29 is 17.6 Å². The fraction of sp³-hybridized carbons (Fsp3) is 0.364. The van der Waals surface area contributed by atoms with Gasteiger partial charge >= 0.3 is 0 Å². The van der Waals surface area contributed by atoms with Crippen LogP contribution in [0.15, 0.2) is 18.2 Å². The number of carbonyl (C=O) groups excluding carboxylic acids is 1. The Morgan fingerprint density at radius 1 is 1.37 bits per heavy atom. The van der Waals surface area contributed by atoms with Gasteiger partial charge in [0.1, 0.15) is 5.82 Å². The van der Waals surface area contributed by atoms with Crippen molar-refractivity contribution in [3.05, 3.63) is 29.6 Å². The molecule has 4 N–H and O–H groups in total. The van der Waals surface area contributed by atoms with E-state index in [9.17, 15) is 17.6 Å². The van der Waals surface area contributed by atoms with Crippen LogP contribution in [0.3, 0.4) is 0 Å². The van der Waals surface area contributed by atoms with Crippen LogP contribution in [0.4, 0.5) is 10.1 Å². The summed E-state index contributed by atoms with van der Waals surface area (Å²) in [6.07, 6.45) is 1.46. The first-order valence-electron chi connectivity index (χ1n) is 5.57. The first-order valence-corrected chi connectivity index (χ1v) is 7.46. The minimum Gasteiger partial charge on any atom is -0.399 e. The molecule has 0 unspecified atom stereocenters. The number of rotatable bonds is 6. The van der Waals surface area contributed by atoms with Gasteiger partial charge in [0.2, 0.25) is 10.0 Å². The standard InChI is InChI=1S/C11H16FN3O3S/c1-19(17,18)15-6-2-5-14-11(16)9-4-3-8(13)7-10(9)12/h3-4,7,15H,2,5-6,13H2,1H3,(H,14,16). The second-order valence-corrected chi connectivity index (χ2v) is 5.85. The molecule has 6 nitrogen and oxygen atoms in total. The summed E-state index contributed by atoms with van der Waals surface area (Å²) in [5, 5.41) is 2.49. The second kappa shape index (κ2) is 6.48. The molecule has 1 aromatic carbocycles. The minimum absolute atomic E-state index is 0.0923. The number of anilines is 1. The van der Waals surface area contributed by atoms with Crippen LogP contribution in [0.25, 0.3) is 0 Å². The summed E-state index contributed by atoms with van der Waals surface area (Å²) in [4.78, 5) is 11.6. The normalized spacial score (nSPS) is 11.3. The van der Waals surface area contributed by atoms with Crippen LogP contribution < -0.4 is 15.8 Å². The molecule has 1 amide bonds. The summed E-state index contributed by atoms with van der Waals surface area (Å²) in [6.45, 7) is 0.453. The highest BCUT2D eigenvalue weighted by Crippen LogP contribution is 2.11. The van der Waals surface area contributed by atoms with Gasteiger partial charge in [0, 0.05) is 18.8 Å². The van der Waals surface area contributed by atoms with E-state index in [0.717, 1.165) is 12.3 Å². The Labute approximate surface area is 111 Å². The first kappa shape index (κ1) is 15.4. The van der Waals surface area contributed by atoms with E-state index in [1.54, 1.807) is 0 Å². The fourth-order valence-electron chi connectivity index (χ4n) is 1.36. The SMILES string of the molecule is CS(=O)(=O)NCCCNC(=O)c1ccc(N)cc1F. The number of benzene rings is 1. The Kier molecular flexibility index (Phi) is 5.25. The lowest BCUT2D eigenvalue weighted by atomic mass is 10.2. The molecule has 8 heteroatoms. The van der Waals surface area contributed by atoms with E-state index in [2.05, 4.69) is 10.0 Å². The molecule has 0 saturated heterocycles. The van der Waals surface area contributed by atoms with Gasteiger partial charge in [-0.1, -0.05) is 0 Å². The molecule has 0 atom stereocenters. The highest BCUT2D eigenvalue weighted by Gasteiger charge is 2.11. The Morgan fingerprint density at radius 2 is 2.05 bits per heavy atom. The molecular formula is C11H16FN3O3S. The maximum Gasteiger partial charge on any atom is 0.254 e. The Balaban J connectivity index is 2.39. The molecule has 0 aliphatic rings. The molecule has 106 valence electrons. The van der Waals surface area contributed by atoms with Crippen molar-refractivity contribution in [1.29, 1.82) is 0 Å². The Bertz CT molecular complexity index is 560. The van der Waals surface area contributed by atoms with Crippen molar-refractivity contribution in [2.75, 3.05) is 25.1 Å². The molecular weight excluding hydrogens is 273 g/mol. The number of amides is 1. The molecule has 0 spiro atoms.